The molecule has 2 aromatic carbocycles. The number of thiazole rings is 1. The number of aliphatic hydroxyl groups is 1. The van der Waals surface area contributed by atoms with Gasteiger partial charge >= 0.3 is 0 Å². The lowest BCUT2D eigenvalue weighted by Gasteiger charge is -2.29. The Morgan fingerprint density at radius 1 is 1.17 bits per heavy atom. The molecule has 0 radical (unpaired) electrons. The van der Waals surface area contributed by atoms with Crippen molar-refractivity contribution in [1.29, 1.82) is 0 Å². The van der Waals surface area contributed by atoms with E-state index >= 15 is 0 Å². The van der Waals surface area contributed by atoms with Crippen LogP contribution in [0.15, 0.2) is 65.9 Å². The fourth-order valence-corrected chi connectivity index (χ4v) is 5.84. The zero-order chi connectivity index (χ0) is 25.4. The van der Waals surface area contributed by atoms with Crippen LogP contribution in [-0.2, 0) is 9.53 Å². The third kappa shape index (κ3) is 4.42. The van der Waals surface area contributed by atoms with Crippen molar-refractivity contribution in [3.63, 3.8) is 0 Å². The molecular formula is C28H29N3O4S. The number of aromatic nitrogens is 1. The number of carbonyl (C=O) groups excluding carboxylic acids is 2. The molecule has 3 heterocycles. The molecule has 2 unspecified atom stereocenters. The van der Waals surface area contributed by atoms with E-state index in [0.717, 1.165) is 34.7 Å². The molecule has 0 saturated carbocycles. The number of aryl methyl sites for hydroxylation is 1. The Morgan fingerprint density at radius 3 is 2.53 bits per heavy atom. The van der Waals surface area contributed by atoms with E-state index in [0.29, 0.717) is 23.7 Å². The van der Waals surface area contributed by atoms with Crippen molar-refractivity contribution in [3.05, 3.63) is 82.1 Å². The molecule has 0 aliphatic carbocycles. The van der Waals surface area contributed by atoms with Gasteiger partial charge in [0.25, 0.3) is 5.91 Å². The molecular weight excluding hydrogens is 474 g/mol. The molecule has 186 valence electrons. The fraction of sp³-hybridized carbons (Fsp3) is 0.321. The van der Waals surface area contributed by atoms with Crippen LogP contribution < -0.4 is 4.90 Å². The number of rotatable bonds is 7. The van der Waals surface area contributed by atoms with Crippen molar-refractivity contribution < 1.29 is 19.4 Å². The smallest absolute Gasteiger partial charge is 0.290 e. The monoisotopic (exact) mass is 503 g/mol. The minimum atomic E-state index is -0.702. The summed E-state index contributed by atoms with van der Waals surface area (Å²) >= 11 is 1.28. The fourth-order valence-electron chi connectivity index (χ4n) is 4.82. The van der Waals surface area contributed by atoms with E-state index in [9.17, 15) is 14.7 Å². The molecule has 0 bridgehead atoms. The molecule has 0 spiro atoms. The van der Waals surface area contributed by atoms with Gasteiger partial charge in [-0.05, 0) is 37.5 Å². The lowest BCUT2D eigenvalue weighted by molar-refractivity contribution is -0.131. The first-order chi connectivity index (χ1) is 17.3. The topological polar surface area (TPSA) is 83.0 Å². The number of carbonyl (C=O) groups is 2. The summed E-state index contributed by atoms with van der Waals surface area (Å²) in [4.78, 5) is 35.9. The second kappa shape index (κ2) is 9.87. The van der Waals surface area contributed by atoms with Gasteiger partial charge in [0.1, 0.15) is 5.01 Å². The summed E-state index contributed by atoms with van der Waals surface area (Å²) in [5.74, 6) is -1.40. The van der Waals surface area contributed by atoms with Gasteiger partial charge in [0.15, 0.2) is 5.76 Å². The number of benzene rings is 2. The van der Waals surface area contributed by atoms with Gasteiger partial charge < -0.3 is 19.6 Å². The predicted octanol–water partition coefficient (Wildman–Crippen LogP) is 4.94. The van der Waals surface area contributed by atoms with Crippen LogP contribution in [0.1, 0.15) is 39.8 Å². The maximum atomic E-state index is 13.9. The third-order valence-electron chi connectivity index (χ3n) is 6.72. The zero-order valence-electron chi connectivity index (χ0n) is 20.6. The van der Waals surface area contributed by atoms with Gasteiger partial charge in [-0.2, -0.15) is 0 Å². The standard InChI is InChI=1S/C28H29N3O4S/c1-17-26(36-27(29-17)19-8-5-4-6-9-19)24(32)22-23(18-11-13-20(14-12-18)30(2)3)31(28(34)25(22)33)16-21-10-7-15-35-21/h4-6,8-9,11-14,21,23,33H,7,10,15-16H2,1-3H3. The first kappa shape index (κ1) is 24.2. The van der Waals surface area contributed by atoms with Gasteiger partial charge in [-0.3, -0.25) is 9.59 Å². The third-order valence-corrected chi connectivity index (χ3v) is 7.93. The maximum absolute atomic E-state index is 13.9. The highest BCUT2D eigenvalue weighted by Crippen LogP contribution is 2.42. The lowest BCUT2D eigenvalue weighted by atomic mass is 9.94. The largest absolute Gasteiger partial charge is 0.503 e. The van der Waals surface area contributed by atoms with Gasteiger partial charge in [0.05, 0.1) is 28.3 Å². The van der Waals surface area contributed by atoms with Gasteiger partial charge in [-0.15, -0.1) is 11.3 Å². The Morgan fingerprint density at radius 2 is 1.89 bits per heavy atom. The van der Waals surface area contributed by atoms with Crippen molar-refractivity contribution in [3.8, 4) is 10.6 Å². The van der Waals surface area contributed by atoms with E-state index in [2.05, 4.69) is 4.98 Å². The molecule has 36 heavy (non-hydrogen) atoms. The maximum Gasteiger partial charge on any atom is 0.290 e. The van der Waals surface area contributed by atoms with Crippen LogP contribution in [0.25, 0.3) is 10.6 Å². The molecule has 1 fully saturated rings. The number of nitrogens with zero attached hydrogens (tertiary/aromatic N) is 3. The van der Waals surface area contributed by atoms with Crippen molar-refractivity contribution in [2.75, 3.05) is 32.1 Å². The summed E-state index contributed by atoms with van der Waals surface area (Å²) in [7, 11) is 3.91. The van der Waals surface area contributed by atoms with Gasteiger partial charge in [0.2, 0.25) is 5.78 Å². The average molecular weight is 504 g/mol. The van der Waals surface area contributed by atoms with Crippen LogP contribution in [-0.4, -0.2) is 60.0 Å². The van der Waals surface area contributed by atoms with Crippen molar-refractivity contribution in [2.45, 2.75) is 31.9 Å². The molecule has 1 saturated heterocycles. The first-order valence-electron chi connectivity index (χ1n) is 12.1. The lowest BCUT2D eigenvalue weighted by Crippen LogP contribution is -2.37. The Labute approximate surface area is 214 Å². The van der Waals surface area contributed by atoms with E-state index < -0.39 is 17.7 Å². The molecule has 2 aliphatic heterocycles. The number of amides is 1. The number of hydrogen-bond donors (Lipinski definition) is 1. The summed E-state index contributed by atoms with van der Waals surface area (Å²) in [5, 5.41) is 11.8. The Kier molecular flexibility index (Phi) is 6.64. The van der Waals surface area contributed by atoms with Crippen LogP contribution in [0.4, 0.5) is 5.69 Å². The van der Waals surface area contributed by atoms with Crippen molar-refractivity contribution in [1.82, 2.24) is 9.88 Å². The molecule has 8 heteroatoms. The van der Waals surface area contributed by atoms with Crippen LogP contribution >= 0.6 is 11.3 Å². The first-order valence-corrected chi connectivity index (χ1v) is 12.9. The summed E-state index contributed by atoms with van der Waals surface area (Å²) in [6, 6.07) is 16.7. The molecule has 1 aromatic heterocycles. The molecule has 3 aromatic rings. The highest BCUT2D eigenvalue weighted by Gasteiger charge is 2.45. The van der Waals surface area contributed by atoms with E-state index in [-0.39, 0.29) is 17.5 Å². The molecule has 2 atom stereocenters. The second-order valence-electron chi connectivity index (χ2n) is 9.37. The van der Waals surface area contributed by atoms with Crippen molar-refractivity contribution in [2.24, 2.45) is 0 Å². The van der Waals surface area contributed by atoms with Gasteiger partial charge in [-0.1, -0.05) is 42.5 Å². The van der Waals surface area contributed by atoms with Crippen molar-refractivity contribution >= 4 is 28.7 Å². The number of hydrogen-bond acceptors (Lipinski definition) is 7. The molecule has 1 amide bonds. The second-order valence-corrected chi connectivity index (χ2v) is 10.4. The zero-order valence-corrected chi connectivity index (χ0v) is 21.4. The Hall–Kier alpha value is -3.49. The van der Waals surface area contributed by atoms with Crippen LogP contribution in [0.2, 0.25) is 0 Å². The minimum Gasteiger partial charge on any atom is -0.503 e. The van der Waals surface area contributed by atoms with Gasteiger partial charge in [-0.25, -0.2) is 4.98 Å². The van der Waals surface area contributed by atoms with Gasteiger partial charge in [0, 0.05) is 38.5 Å². The average Bonchev–Trinajstić information content (AvgIpc) is 3.60. The molecule has 7 nitrogen and oxygen atoms in total. The summed E-state index contributed by atoms with van der Waals surface area (Å²) < 4.78 is 5.79. The van der Waals surface area contributed by atoms with Crippen LogP contribution in [0.3, 0.4) is 0 Å². The van der Waals surface area contributed by atoms with Crippen LogP contribution in [0.5, 0.6) is 0 Å². The quantitative estimate of drug-likeness (QED) is 0.460. The highest BCUT2D eigenvalue weighted by molar-refractivity contribution is 7.17. The molecule has 5 rings (SSSR count). The molecule has 1 N–H and O–H groups in total. The number of aliphatic hydroxyl groups excluding tert-OH is 1. The van der Waals surface area contributed by atoms with E-state index in [1.165, 1.54) is 11.3 Å². The number of ketones is 1. The number of anilines is 1. The Bertz CT molecular complexity index is 1310. The Balaban J connectivity index is 1.55. The normalized spacial score (nSPS) is 19.9. The summed E-state index contributed by atoms with van der Waals surface area (Å²) in [6.45, 7) is 2.76. The molecule has 2 aliphatic rings. The SMILES string of the molecule is Cc1nc(-c2ccccc2)sc1C(=O)C1=C(O)C(=O)N(CC2CCCO2)C1c1ccc(N(C)C)cc1. The summed E-state index contributed by atoms with van der Waals surface area (Å²) in [5.41, 5.74) is 3.37. The van der Waals surface area contributed by atoms with E-state index in [4.69, 9.17) is 4.74 Å². The number of ether oxygens (including phenoxy) is 1. The van der Waals surface area contributed by atoms with Crippen LogP contribution in [0, 0.1) is 6.92 Å². The number of Topliss-reactive ketones (excluding diaryl/α,β-unsaturated/α-hetero) is 1. The highest BCUT2D eigenvalue weighted by atomic mass is 32.1. The van der Waals surface area contributed by atoms with E-state index in [1.54, 1.807) is 11.8 Å². The minimum absolute atomic E-state index is 0.0990. The predicted molar refractivity (Wildman–Crippen MR) is 140 cm³/mol. The van der Waals surface area contributed by atoms with E-state index in [1.807, 2.05) is 73.6 Å². The summed E-state index contributed by atoms with van der Waals surface area (Å²) in [6.07, 6.45) is 1.66.